The van der Waals surface area contributed by atoms with E-state index in [1.807, 2.05) is 51.1 Å². The fourth-order valence-corrected chi connectivity index (χ4v) is 6.74. The third-order valence-corrected chi connectivity index (χ3v) is 13.0. The minimum atomic E-state index is -2.15. The molecule has 3 heterocycles. The Hall–Kier alpha value is -1.53. The van der Waals surface area contributed by atoms with E-state index in [0.717, 1.165) is 5.56 Å². The van der Waals surface area contributed by atoms with Crippen molar-refractivity contribution in [2.24, 2.45) is 5.92 Å². The summed E-state index contributed by atoms with van der Waals surface area (Å²) in [6, 6.07) is 9.07. The first-order chi connectivity index (χ1) is 18.1. The third kappa shape index (κ3) is 6.86. The second-order valence-electron chi connectivity index (χ2n) is 13.6. The Balaban J connectivity index is 1.59. The summed E-state index contributed by atoms with van der Waals surface area (Å²) in [5.41, 5.74) is 0.261. The molecular formula is C29H47NO8Si. The molecule has 220 valence electrons. The number of fused-ring (bicyclic) bond motifs is 2. The van der Waals surface area contributed by atoms with Gasteiger partial charge in [-0.25, -0.2) is 4.79 Å². The van der Waals surface area contributed by atoms with Crippen LogP contribution in [0.15, 0.2) is 30.3 Å². The molecule has 39 heavy (non-hydrogen) atoms. The van der Waals surface area contributed by atoms with Gasteiger partial charge >= 0.3 is 6.09 Å². The highest BCUT2D eigenvalue weighted by Crippen LogP contribution is 2.42. The molecule has 0 radical (unpaired) electrons. The summed E-state index contributed by atoms with van der Waals surface area (Å²) in [5, 5.41) is 23.2. The van der Waals surface area contributed by atoms with E-state index in [1.54, 1.807) is 4.90 Å². The summed E-state index contributed by atoms with van der Waals surface area (Å²) in [4.78, 5) is 15.0. The fraction of sp³-hybridized carbons (Fsp3) is 0.759. The zero-order chi connectivity index (χ0) is 28.8. The van der Waals surface area contributed by atoms with Gasteiger partial charge in [0.05, 0.1) is 37.6 Å². The van der Waals surface area contributed by atoms with E-state index in [-0.39, 0.29) is 24.4 Å². The van der Waals surface area contributed by atoms with E-state index in [1.165, 1.54) is 0 Å². The predicted octanol–water partition coefficient (Wildman–Crippen LogP) is 4.06. The van der Waals surface area contributed by atoms with Crippen LogP contribution >= 0.6 is 0 Å². The van der Waals surface area contributed by atoms with Crippen molar-refractivity contribution in [3.63, 3.8) is 0 Å². The lowest BCUT2D eigenvalue weighted by molar-refractivity contribution is -0.247. The normalized spacial score (nSPS) is 32.4. The second kappa shape index (κ2) is 11.4. The minimum Gasteiger partial charge on any atom is -0.444 e. The van der Waals surface area contributed by atoms with E-state index in [2.05, 4.69) is 33.9 Å². The molecule has 10 heteroatoms. The van der Waals surface area contributed by atoms with Crippen LogP contribution in [0.3, 0.4) is 0 Å². The molecule has 3 saturated heterocycles. The van der Waals surface area contributed by atoms with Crippen LogP contribution in [0.1, 0.15) is 53.5 Å². The first-order valence-electron chi connectivity index (χ1n) is 14.0. The number of aliphatic hydroxyl groups is 2. The maximum absolute atomic E-state index is 13.4. The molecule has 1 aromatic rings. The van der Waals surface area contributed by atoms with Crippen molar-refractivity contribution < 1.29 is 38.4 Å². The molecule has 3 fully saturated rings. The molecule has 3 aliphatic heterocycles. The Labute approximate surface area is 233 Å². The van der Waals surface area contributed by atoms with Crippen molar-refractivity contribution in [3.05, 3.63) is 35.9 Å². The number of ether oxygens (including phenoxy) is 4. The van der Waals surface area contributed by atoms with Crippen LogP contribution in [-0.4, -0.2) is 91.1 Å². The molecule has 0 aromatic heterocycles. The Bertz CT molecular complexity index is 978. The van der Waals surface area contributed by atoms with Gasteiger partial charge in [0.1, 0.15) is 17.8 Å². The molecule has 0 saturated carbocycles. The van der Waals surface area contributed by atoms with Crippen molar-refractivity contribution in [1.29, 1.82) is 0 Å². The molecule has 0 spiro atoms. The Morgan fingerprint density at radius 2 is 1.82 bits per heavy atom. The molecule has 9 nitrogen and oxygen atoms in total. The maximum atomic E-state index is 13.4. The molecular weight excluding hydrogens is 518 g/mol. The van der Waals surface area contributed by atoms with Crippen LogP contribution in [-0.2, 0) is 30.0 Å². The number of likely N-dealkylation sites (tertiary alicyclic amines) is 1. The van der Waals surface area contributed by atoms with E-state index in [4.69, 9.17) is 23.4 Å². The lowest BCUT2D eigenvalue weighted by Crippen LogP contribution is -2.59. The Morgan fingerprint density at radius 3 is 2.44 bits per heavy atom. The summed E-state index contributed by atoms with van der Waals surface area (Å²) >= 11 is 0. The largest absolute Gasteiger partial charge is 0.444 e. The number of nitrogens with zero attached hydrogens (tertiary/aromatic N) is 1. The number of amides is 1. The van der Waals surface area contributed by atoms with Gasteiger partial charge in [0.2, 0.25) is 0 Å². The zero-order valence-corrected chi connectivity index (χ0v) is 25.6. The van der Waals surface area contributed by atoms with E-state index in [0.29, 0.717) is 13.0 Å². The van der Waals surface area contributed by atoms with Crippen LogP contribution in [0, 0.1) is 5.92 Å². The van der Waals surface area contributed by atoms with Gasteiger partial charge in [-0.05, 0) is 50.9 Å². The molecule has 8 atom stereocenters. The van der Waals surface area contributed by atoms with E-state index < -0.39 is 62.7 Å². The van der Waals surface area contributed by atoms with Crippen molar-refractivity contribution in [2.45, 2.75) is 121 Å². The average Bonchev–Trinajstić information content (AvgIpc) is 3.45. The van der Waals surface area contributed by atoms with Crippen molar-refractivity contribution in [1.82, 2.24) is 4.90 Å². The molecule has 2 bridgehead atoms. The van der Waals surface area contributed by atoms with Gasteiger partial charge in [-0.3, -0.25) is 4.90 Å². The van der Waals surface area contributed by atoms with Gasteiger partial charge in [0.25, 0.3) is 0 Å². The first-order valence-corrected chi connectivity index (χ1v) is 16.9. The van der Waals surface area contributed by atoms with Gasteiger partial charge in [-0.1, -0.05) is 51.1 Å². The molecule has 4 rings (SSSR count). The van der Waals surface area contributed by atoms with Crippen molar-refractivity contribution in [3.8, 4) is 0 Å². The number of rotatable bonds is 7. The van der Waals surface area contributed by atoms with Crippen LogP contribution < -0.4 is 0 Å². The number of aliphatic hydroxyl groups excluding tert-OH is 2. The summed E-state index contributed by atoms with van der Waals surface area (Å²) in [6.07, 6.45) is -4.48. The van der Waals surface area contributed by atoms with Crippen LogP contribution in [0.2, 0.25) is 18.1 Å². The second-order valence-corrected chi connectivity index (χ2v) is 18.4. The van der Waals surface area contributed by atoms with Crippen molar-refractivity contribution in [2.75, 3.05) is 13.2 Å². The predicted molar refractivity (Wildman–Crippen MR) is 149 cm³/mol. The van der Waals surface area contributed by atoms with Crippen LogP contribution in [0.25, 0.3) is 0 Å². The zero-order valence-electron chi connectivity index (χ0n) is 24.6. The summed E-state index contributed by atoms with van der Waals surface area (Å²) < 4.78 is 30.4. The molecule has 2 N–H and O–H groups in total. The van der Waals surface area contributed by atoms with E-state index in [9.17, 15) is 15.0 Å². The molecule has 0 aliphatic carbocycles. The Morgan fingerprint density at radius 1 is 1.15 bits per heavy atom. The van der Waals surface area contributed by atoms with Crippen molar-refractivity contribution >= 4 is 14.4 Å². The van der Waals surface area contributed by atoms with Gasteiger partial charge in [0, 0.05) is 12.5 Å². The van der Waals surface area contributed by atoms with Crippen LogP contribution in [0.4, 0.5) is 4.79 Å². The lowest BCUT2D eigenvalue weighted by atomic mass is 9.81. The first kappa shape index (κ1) is 30.4. The monoisotopic (exact) mass is 565 g/mol. The average molecular weight is 566 g/mol. The minimum absolute atomic E-state index is 0.00966. The number of carbonyl (C=O) groups is 1. The summed E-state index contributed by atoms with van der Waals surface area (Å²) in [5.74, 6) is -0.735. The van der Waals surface area contributed by atoms with Gasteiger partial charge < -0.3 is 33.6 Å². The number of carbonyl (C=O) groups excluding carboxylic acids is 1. The highest BCUT2D eigenvalue weighted by Gasteiger charge is 2.57. The smallest absolute Gasteiger partial charge is 0.410 e. The standard InChI is InChI=1S/C29H47NO8Si/c1-28(2,3)37-27(33)30-15-19(38-39(7,8)29(4,5)6)14-20(30)23(31)22-24(32)21-17-35-26(36-21)25(22)34-16-18-12-10-9-11-13-18/h9-13,19-26,31-32H,14-17H2,1-8H3/t19-,20+,21?,22?,23-,24-,25?,26+/m0/s1. The molecule has 3 aliphatic rings. The van der Waals surface area contributed by atoms with Gasteiger partial charge in [-0.2, -0.15) is 0 Å². The molecule has 3 unspecified atom stereocenters. The lowest BCUT2D eigenvalue weighted by Gasteiger charge is -2.43. The SMILES string of the molecule is CC(C)(C)OC(=O)N1C[C@@H](O[Si](C)(C)C(C)(C)C)C[C@@H]1[C@H](O)C1C(OCc2ccccc2)[C@@H]2OCC(O2)[C@@H]1O. The topological polar surface area (TPSA) is 107 Å². The highest BCUT2D eigenvalue weighted by atomic mass is 28.4. The van der Waals surface area contributed by atoms with E-state index >= 15 is 0 Å². The third-order valence-electron chi connectivity index (χ3n) is 8.43. The summed E-state index contributed by atoms with van der Waals surface area (Å²) in [6.45, 7) is 17.1. The molecule has 1 amide bonds. The number of hydrogen-bond donors (Lipinski definition) is 2. The number of hydrogen-bond acceptors (Lipinski definition) is 8. The summed E-state index contributed by atoms with van der Waals surface area (Å²) in [7, 11) is -2.15. The maximum Gasteiger partial charge on any atom is 0.410 e. The van der Waals surface area contributed by atoms with Crippen LogP contribution in [0.5, 0.6) is 0 Å². The fourth-order valence-electron chi connectivity index (χ4n) is 5.38. The number of benzene rings is 1. The highest BCUT2D eigenvalue weighted by molar-refractivity contribution is 6.74. The van der Waals surface area contributed by atoms with Gasteiger partial charge in [-0.15, -0.1) is 0 Å². The quantitative estimate of drug-likeness (QED) is 0.477. The van der Waals surface area contributed by atoms with Gasteiger partial charge in [0.15, 0.2) is 14.6 Å². The molecule has 1 aromatic carbocycles. The Kier molecular flexibility index (Phi) is 8.88.